The molecule has 0 unspecified atom stereocenters. The van der Waals surface area contributed by atoms with Crippen molar-refractivity contribution in [2.45, 2.75) is 45.1 Å². The number of nitrogens with one attached hydrogen (secondary N) is 1. The van der Waals surface area contributed by atoms with Crippen LogP contribution in [0.1, 0.15) is 44.1 Å². The lowest BCUT2D eigenvalue weighted by molar-refractivity contribution is -0.121. The molecular formula is C19H27FN2O3S. The summed E-state index contributed by atoms with van der Waals surface area (Å²) in [5.74, 6) is -0.662. The van der Waals surface area contributed by atoms with Gasteiger partial charge >= 0.3 is 0 Å². The molecule has 0 saturated carbocycles. The average molecular weight is 383 g/mol. The Bertz CT molecular complexity index is 747. The molecule has 0 heterocycles. The molecule has 0 spiro atoms. The summed E-state index contributed by atoms with van der Waals surface area (Å²) in [6, 6.07) is 6.24. The summed E-state index contributed by atoms with van der Waals surface area (Å²) in [6.45, 7) is 0.623. The number of sulfonamides is 1. The second-order valence-electron chi connectivity index (χ2n) is 6.64. The Morgan fingerprint density at radius 1 is 1.23 bits per heavy atom. The maximum atomic E-state index is 13.5. The minimum Gasteiger partial charge on any atom is -0.352 e. The number of hydrogen-bond acceptors (Lipinski definition) is 3. The molecule has 0 fully saturated rings. The molecule has 144 valence electrons. The maximum absolute atomic E-state index is 13.5. The molecule has 5 nitrogen and oxygen atoms in total. The first kappa shape index (κ1) is 20.6. The van der Waals surface area contributed by atoms with Gasteiger partial charge < -0.3 is 5.32 Å². The molecule has 0 bridgehead atoms. The van der Waals surface area contributed by atoms with E-state index in [9.17, 15) is 17.6 Å². The Labute approximate surface area is 155 Å². The maximum Gasteiger partial charge on any atom is 0.221 e. The molecule has 26 heavy (non-hydrogen) atoms. The van der Waals surface area contributed by atoms with E-state index in [1.807, 2.05) is 0 Å². The van der Waals surface area contributed by atoms with Crippen molar-refractivity contribution in [1.82, 2.24) is 9.62 Å². The summed E-state index contributed by atoms with van der Waals surface area (Å²) in [5, 5.41) is 2.64. The van der Waals surface area contributed by atoms with Crippen LogP contribution >= 0.6 is 0 Å². The monoisotopic (exact) mass is 382 g/mol. The van der Waals surface area contributed by atoms with E-state index < -0.39 is 10.0 Å². The van der Waals surface area contributed by atoms with Crippen molar-refractivity contribution in [3.8, 4) is 0 Å². The van der Waals surface area contributed by atoms with Crippen LogP contribution in [-0.4, -0.2) is 38.0 Å². The number of benzene rings is 1. The van der Waals surface area contributed by atoms with Crippen LogP contribution in [0.3, 0.4) is 0 Å². The van der Waals surface area contributed by atoms with Crippen LogP contribution in [0.15, 0.2) is 35.9 Å². The first-order chi connectivity index (χ1) is 12.4. The molecule has 0 radical (unpaired) electrons. The van der Waals surface area contributed by atoms with Crippen LogP contribution in [0.4, 0.5) is 4.39 Å². The van der Waals surface area contributed by atoms with Crippen LogP contribution in [0.2, 0.25) is 0 Å². The molecule has 0 saturated heterocycles. The highest BCUT2D eigenvalue weighted by Crippen LogP contribution is 2.20. The zero-order valence-electron chi connectivity index (χ0n) is 15.2. The van der Waals surface area contributed by atoms with Gasteiger partial charge in [-0.15, -0.1) is 0 Å². The van der Waals surface area contributed by atoms with Crippen molar-refractivity contribution in [2.24, 2.45) is 0 Å². The summed E-state index contributed by atoms with van der Waals surface area (Å²) in [6.07, 6.45) is 8.58. The van der Waals surface area contributed by atoms with E-state index in [1.165, 1.54) is 28.6 Å². The Morgan fingerprint density at radius 2 is 2.00 bits per heavy atom. The molecule has 1 aliphatic rings. The van der Waals surface area contributed by atoms with Crippen molar-refractivity contribution in [1.29, 1.82) is 0 Å². The van der Waals surface area contributed by atoms with Gasteiger partial charge in [0.1, 0.15) is 5.82 Å². The Morgan fingerprint density at radius 3 is 2.65 bits per heavy atom. The van der Waals surface area contributed by atoms with E-state index in [1.54, 1.807) is 18.2 Å². The quantitative estimate of drug-likeness (QED) is 0.668. The van der Waals surface area contributed by atoms with Crippen LogP contribution in [0.25, 0.3) is 0 Å². The van der Waals surface area contributed by atoms with Gasteiger partial charge in [0, 0.05) is 31.6 Å². The topological polar surface area (TPSA) is 66.5 Å². The van der Waals surface area contributed by atoms with Gasteiger partial charge in [0.2, 0.25) is 15.9 Å². The number of halogens is 1. The van der Waals surface area contributed by atoms with Gasteiger partial charge in [-0.25, -0.2) is 17.1 Å². The SMILES string of the molecule is CS(=O)(=O)N(CCC(=O)NCc1ccccc1F)CCC1=CCCCC1. The predicted molar refractivity (Wildman–Crippen MR) is 100 cm³/mol. The highest BCUT2D eigenvalue weighted by molar-refractivity contribution is 7.88. The van der Waals surface area contributed by atoms with Crippen LogP contribution in [0.5, 0.6) is 0 Å². The van der Waals surface area contributed by atoms with Crippen LogP contribution in [-0.2, 0) is 21.4 Å². The van der Waals surface area contributed by atoms with E-state index >= 15 is 0 Å². The number of hydrogen-bond donors (Lipinski definition) is 1. The third-order valence-corrected chi connectivity index (χ3v) is 5.86. The summed E-state index contributed by atoms with van der Waals surface area (Å²) in [5.41, 5.74) is 1.71. The second-order valence-corrected chi connectivity index (χ2v) is 8.62. The lowest BCUT2D eigenvalue weighted by atomic mass is 9.97. The molecular weight excluding hydrogens is 355 g/mol. The summed E-state index contributed by atoms with van der Waals surface area (Å²) >= 11 is 0. The van der Waals surface area contributed by atoms with E-state index in [-0.39, 0.29) is 31.2 Å². The molecule has 2 rings (SSSR count). The van der Waals surface area contributed by atoms with Crippen molar-refractivity contribution < 1.29 is 17.6 Å². The van der Waals surface area contributed by atoms with Crippen LogP contribution < -0.4 is 5.32 Å². The largest absolute Gasteiger partial charge is 0.352 e. The first-order valence-corrected chi connectivity index (χ1v) is 10.8. The van der Waals surface area contributed by atoms with Crippen molar-refractivity contribution in [3.05, 3.63) is 47.3 Å². The molecule has 0 atom stereocenters. The standard InChI is InChI=1S/C19H27FN2O3S/c1-26(24,25)22(13-11-16-7-3-2-4-8-16)14-12-19(23)21-15-17-9-5-6-10-18(17)20/h5-7,9-10H,2-4,8,11-15H2,1H3,(H,21,23). The van der Waals surface area contributed by atoms with Gasteiger partial charge in [0.25, 0.3) is 0 Å². The van der Waals surface area contributed by atoms with Gasteiger partial charge in [-0.1, -0.05) is 29.8 Å². The number of nitrogens with zero attached hydrogens (tertiary/aromatic N) is 1. The number of amides is 1. The van der Waals surface area contributed by atoms with E-state index in [0.29, 0.717) is 18.5 Å². The number of allylic oxidation sites excluding steroid dienone is 1. The summed E-state index contributed by atoms with van der Waals surface area (Å²) in [7, 11) is -3.37. The smallest absolute Gasteiger partial charge is 0.221 e. The van der Waals surface area contributed by atoms with Gasteiger partial charge in [0.15, 0.2) is 0 Å². The minimum absolute atomic E-state index is 0.0561. The van der Waals surface area contributed by atoms with Gasteiger partial charge in [0.05, 0.1) is 6.26 Å². The van der Waals surface area contributed by atoms with Gasteiger partial charge in [-0.05, 0) is 38.2 Å². The highest BCUT2D eigenvalue weighted by Gasteiger charge is 2.18. The minimum atomic E-state index is -3.37. The number of carbonyl (C=O) groups excluding carboxylic acids is 1. The summed E-state index contributed by atoms with van der Waals surface area (Å²) in [4.78, 5) is 12.0. The highest BCUT2D eigenvalue weighted by atomic mass is 32.2. The summed E-state index contributed by atoms with van der Waals surface area (Å²) < 4.78 is 38.8. The zero-order valence-corrected chi connectivity index (χ0v) is 16.0. The predicted octanol–water partition coefficient (Wildman–Crippen LogP) is 2.98. The Balaban J connectivity index is 1.81. The molecule has 1 aromatic carbocycles. The van der Waals surface area contributed by atoms with E-state index in [0.717, 1.165) is 19.3 Å². The van der Waals surface area contributed by atoms with Crippen molar-refractivity contribution in [2.75, 3.05) is 19.3 Å². The molecule has 1 amide bonds. The van der Waals surface area contributed by atoms with E-state index in [2.05, 4.69) is 11.4 Å². The fourth-order valence-electron chi connectivity index (χ4n) is 2.99. The third kappa shape index (κ3) is 6.88. The number of rotatable bonds is 9. The first-order valence-electron chi connectivity index (χ1n) is 8.99. The Hall–Kier alpha value is -1.73. The lowest BCUT2D eigenvalue weighted by Gasteiger charge is -2.21. The average Bonchev–Trinajstić information content (AvgIpc) is 2.60. The molecule has 7 heteroatoms. The normalized spacial score (nSPS) is 15.0. The Kier molecular flexibility index (Phi) is 7.78. The number of carbonyl (C=O) groups is 1. The second kappa shape index (κ2) is 9.83. The lowest BCUT2D eigenvalue weighted by Crippen LogP contribution is -2.35. The zero-order chi connectivity index (χ0) is 19.0. The van der Waals surface area contributed by atoms with Gasteiger partial charge in [-0.3, -0.25) is 4.79 Å². The third-order valence-electron chi connectivity index (χ3n) is 4.56. The van der Waals surface area contributed by atoms with Gasteiger partial charge in [-0.2, -0.15) is 0 Å². The van der Waals surface area contributed by atoms with Crippen molar-refractivity contribution >= 4 is 15.9 Å². The van der Waals surface area contributed by atoms with Crippen LogP contribution in [0, 0.1) is 5.82 Å². The molecule has 0 aromatic heterocycles. The molecule has 1 N–H and O–H groups in total. The van der Waals surface area contributed by atoms with Crippen molar-refractivity contribution in [3.63, 3.8) is 0 Å². The fraction of sp³-hybridized carbons (Fsp3) is 0.526. The fourth-order valence-corrected chi connectivity index (χ4v) is 3.84. The van der Waals surface area contributed by atoms with E-state index in [4.69, 9.17) is 0 Å². The molecule has 0 aliphatic heterocycles. The molecule has 1 aromatic rings. The molecule has 1 aliphatic carbocycles.